The fraction of sp³-hybridized carbons (Fsp3) is 0.333. The van der Waals surface area contributed by atoms with Gasteiger partial charge in [0.05, 0.1) is 6.33 Å². The summed E-state index contributed by atoms with van der Waals surface area (Å²) in [4.78, 5) is 25.5. The van der Waals surface area contributed by atoms with Gasteiger partial charge in [0.2, 0.25) is 0 Å². The minimum absolute atomic E-state index is 0.534. The Bertz CT molecular complexity index is 1450. The smallest absolute Gasteiger partial charge is 0.335 e. The van der Waals surface area contributed by atoms with Crippen molar-refractivity contribution in [2.75, 3.05) is 11.9 Å². The Morgan fingerprint density at radius 3 is 2.49 bits per heavy atom. The quantitative estimate of drug-likeness (QED) is 0.412. The van der Waals surface area contributed by atoms with Gasteiger partial charge in [-0.15, -0.1) is 0 Å². The molecule has 3 aliphatic rings. The van der Waals surface area contributed by atoms with E-state index < -0.39 is 36.3 Å². The summed E-state index contributed by atoms with van der Waals surface area (Å²) >= 11 is 0. The van der Waals surface area contributed by atoms with Gasteiger partial charge in [0.25, 0.3) is 0 Å². The van der Waals surface area contributed by atoms with E-state index in [1.54, 1.807) is 10.9 Å². The van der Waals surface area contributed by atoms with Crippen molar-refractivity contribution < 1.29 is 24.1 Å². The molecule has 4 heterocycles. The molecular formula is C27H25N5O5. The third-order valence-electron chi connectivity index (χ3n) is 7.35. The zero-order chi connectivity index (χ0) is 25.0. The van der Waals surface area contributed by atoms with E-state index in [0.29, 0.717) is 36.4 Å². The van der Waals surface area contributed by atoms with Crippen LogP contribution in [-0.4, -0.2) is 61.2 Å². The predicted octanol–water partition coefficient (Wildman–Crippen LogP) is 2.74. The lowest BCUT2D eigenvalue weighted by Gasteiger charge is -2.26. The maximum Gasteiger partial charge on any atom is 0.335 e. The minimum Gasteiger partial charge on any atom is -0.479 e. The summed E-state index contributed by atoms with van der Waals surface area (Å²) in [5.74, 6) is -1.38. The lowest BCUT2D eigenvalue weighted by Crippen LogP contribution is -2.38. The van der Waals surface area contributed by atoms with Crippen LogP contribution in [0.15, 0.2) is 67.3 Å². The van der Waals surface area contributed by atoms with Crippen LogP contribution in [0.2, 0.25) is 0 Å². The molecule has 2 fully saturated rings. The number of hydrogen-bond donors (Lipinski definition) is 2. The lowest BCUT2D eigenvalue weighted by molar-refractivity contribution is -0.214. The molecule has 2 saturated heterocycles. The maximum absolute atomic E-state index is 12.1. The molecule has 0 amide bonds. The molecule has 4 atom stereocenters. The van der Waals surface area contributed by atoms with E-state index in [-0.39, 0.29) is 0 Å². The van der Waals surface area contributed by atoms with E-state index in [2.05, 4.69) is 44.5 Å². The van der Waals surface area contributed by atoms with E-state index >= 15 is 0 Å². The van der Waals surface area contributed by atoms with Gasteiger partial charge in [-0.3, -0.25) is 4.57 Å². The number of carbonyl (C=O) groups is 1. The molecular weight excluding hydrogens is 474 g/mol. The van der Waals surface area contributed by atoms with Crippen LogP contribution in [0.5, 0.6) is 0 Å². The Labute approximate surface area is 212 Å². The Balaban J connectivity index is 1.16. The van der Waals surface area contributed by atoms with E-state index in [1.165, 1.54) is 11.9 Å². The first kappa shape index (κ1) is 22.3. The number of anilines is 1. The number of aliphatic carboxylic acids is 1. The number of nitrogens with zero attached hydrogens (tertiary/aromatic N) is 4. The van der Waals surface area contributed by atoms with Gasteiger partial charge in [-0.05, 0) is 23.1 Å². The van der Waals surface area contributed by atoms with Gasteiger partial charge in [-0.1, -0.05) is 54.6 Å². The third-order valence-corrected chi connectivity index (χ3v) is 7.35. The summed E-state index contributed by atoms with van der Waals surface area (Å²) < 4.78 is 20.6. The van der Waals surface area contributed by atoms with Crippen LogP contribution in [0, 0.1) is 0 Å². The molecule has 2 N–H and O–H groups in total. The fourth-order valence-electron chi connectivity index (χ4n) is 5.69. The molecule has 1 spiro atoms. The lowest BCUT2D eigenvalue weighted by atomic mass is 10.1. The zero-order valence-electron chi connectivity index (χ0n) is 19.9. The highest BCUT2D eigenvalue weighted by Gasteiger charge is 2.62. The molecule has 10 nitrogen and oxygen atoms in total. The number of carboxylic acids is 1. The monoisotopic (exact) mass is 499 g/mol. The molecule has 1 aliphatic carbocycles. The highest BCUT2D eigenvalue weighted by atomic mass is 16.8. The van der Waals surface area contributed by atoms with Gasteiger partial charge in [0.15, 0.2) is 35.1 Å². The first-order chi connectivity index (χ1) is 18.1. The molecule has 7 rings (SSSR count). The van der Waals surface area contributed by atoms with Crippen molar-refractivity contribution in [1.29, 1.82) is 0 Å². The second-order valence-corrected chi connectivity index (χ2v) is 9.69. The summed E-state index contributed by atoms with van der Waals surface area (Å²) in [5, 5.41) is 13.3. The van der Waals surface area contributed by atoms with Crippen molar-refractivity contribution in [3.63, 3.8) is 0 Å². The van der Waals surface area contributed by atoms with Crippen LogP contribution in [0.1, 0.15) is 22.9 Å². The fourth-order valence-corrected chi connectivity index (χ4v) is 5.69. The number of ether oxygens (including phenoxy) is 3. The molecule has 0 bridgehead atoms. The molecule has 0 unspecified atom stereocenters. The Morgan fingerprint density at radius 2 is 1.73 bits per heavy atom. The molecule has 10 heteroatoms. The molecule has 2 aromatic carbocycles. The summed E-state index contributed by atoms with van der Waals surface area (Å²) in [5.41, 5.74) is 4.64. The van der Waals surface area contributed by atoms with E-state index in [9.17, 15) is 9.90 Å². The van der Waals surface area contributed by atoms with Crippen LogP contribution >= 0.6 is 0 Å². The van der Waals surface area contributed by atoms with Crippen LogP contribution in [-0.2, 0) is 38.3 Å². The van der Waals surface area contributed by atoms with Crippen LogP contribution in [0.25, 0.3) is 11.2 Å². The number of imidazole rings is 1. The van der Waals surface area contributed by atoms with Gasteiger partial charge in [0, 0.05) is 19.4 Å². The topological polar surface area (TPSA) is 121 Å². The average molecular weight is 500 g/mol. The van der Waals surface area contributed by atoms with Crippen LogP contribution < -0.4 is 5.32 Å². The van der Waals surface area contributed by atoms with Crippen LogP contribution in [0.3, 0.4) is 0 Å². The van der Waals surface area contributed by atoms with Crippen molar-refractivity contribution in [3.05, 3.63) is 83.9 Å². The molecule has 188 valence electrons. The SMILES string of the molecule is O=C(O)[C@H]1O[C@@H](n2cnc3c(NCCc4ccccc4)ncnc32)[C@@H]2OC3(Cc4ccccc4C3)O[C@@H]21. The second kappa shape index (κ2) is 8.62. The average Bonchev–Trinajstić information content (AvgIpc) is 3.66. The molecule has 2 aromatic heterocycles. The summed E-state index contributed by atoms with van der Waals surface area (Å²) in [6.45, 7) is 0.675. The molecule has 0 radical (unpaired) electrons. The number of aromatic nitrogens is 4. The number of nitrogens with one attached hydrogen (secondary N) is 1. The Kier molecular flexibility index (Phi) is 5.20. The zero-order valence-corrected chi connectivity index (χ0v) is 19.9. The largest absolute Gasteiger partial charge is 0.479 e. The first-order valence-corrected chi connectivity index (χ1v) is 12.4. The number of fused-ring (bicyclic) bond motifs is 3. The van der Waals surface area contributed by atoms with Crippen molar-refractivity contribution in [1.82, 2.24) is 19.5 Å². The van der Waals surface area contributed by atoms with E-state index in [1.807, 2.05) is 30.3 Å². The van der Waals surface area contributed by atoms with Crippen molar-refractivity contribution in [3.8, 4) is 0 Å². The highest BCUT2D eigenvalue weighted by molar-refractivity contribution is 5.82. The molecule has 4 aromatic rings. The van der Waals surface area contributed by atoms with Gasteiger partial charge >= 0.3 is 5.97 Å². The van der Waals surface area contributed by atoms with Crippen LogP contribution in [0.4, 0.5) is 5.82 Å². The second-order valence-electron chi connectivity index (χ2n) is 9.69. The predicted molar refractivity (Wildman–Crippen MR) is 132 cm³/mol. The number of rotatable bonds is 6. The number of carboxylic acid groups (broad SMARTS) is 1. The molecule has 37 heavy (non-hydrogen) atoms. The number of benzene rings is 2. The molecule has 2 aliphatic heterocycles. The number of hydrogen-bond acceptors (Lipinski definition) is 8. The van der Waals surface area contributed by atoms with Gasteiger partial charge in [0.1, 0.15) is 18.5 Å². The van der Waals surface area contributed by atoms with E-state index in [4.69, 9.17) is 14.2 Å². The first-order valence-electron chi connectivity index (χ1n) is 12.4. The maximum atomic E-state index is 12.1. The Hall–Kier alpha value is -3.86. The normalized spacial score (nSPS) is 25.4. The van der Waals surface area contributed by atoms with Crippen molar-refractivity contribution in [2.24, 2.45) is 0 Å². The third kappa shape index (κ3) is 3.76. The van der Waals surface area contributed by atoms with Gasteiger partial charge < -0.3 is 24.6 Å². The summed E-state index contributed by atoms with van der Waals surface area (Å²) in [6, 6.07) is 18.3. The van der Waals surface area contributed by atoms with Crippen molar-refractivity contribution in [2.45, 2.75) is 49.6 Å². The van der Waals surface area contributed by atoms with Crippen molar-refractivity contribution >= 4 is 23.0 Å². The Morgan fingerprint density at radius 1 is 1.00 bits per heavy atom. The van der Waals surface area contributed by atoms with E-state index in [0.717, 1.165) is 17.5 Å². The standard InChI is InChI=1S/C27H25N5O5/c33-26(34)22-20-21(37-27(36-20)12-17-8-4-5-9-18(17)13-27)25(35-22)32-15-31-19-23(29-14-30-24(19)32)28-11-10-16-6-2-1-3-7-16/h1-9,14-15,20-22,25H,10-13H2,(H,33,34)(H,28,29,30)/t20-,21+,22-,25+/m0/s1. The summed E-state index contributed by atoms with van der Waals surface area (Å²) in [7, 11) is 0. The minimum atomic E-state index is -1.17. The summed E-state index contributed by atoms with van der Waals surface area (Å²) in [6.07, 6.45) is 1.73. The van der Waals surface area contributed by atoms with Gasteiger partial charge in [-0.25, -0.2) is 19.7 Å². The molecule has 0 saturated carbocycles. The highest BCUT2D eigenvalue weighted by Crippen LogP contribution is 2.48. The van der Waals surface area contributed by atoms with Gasteiger partial charge in [-0.2, -0.15) is 0 Å².